The van der Waals surface area contributed by atoms with E-state index >= 15 is 0 Å². The van der Waals surface area contributed by atoms with Gasteiger partial charge in [-0.15, -0.1) is 0 Å². The Labute approximate surface area is 109 Å². The largest absolute Gasteiger partial charge is 0.329 e. The highest BCUT2D eigenvalue weighted by Gasteiger charge is 2.33. The maximum atomic E-state index is 12.6. The van der Waals surface area contributed by atoms with E-state index in [1.165, 1.54) is 0 Å². The molecule has 2 N–H and O–H groups in total. The normalized spacial score (nSPS) is 22.0. The molecule has 1 saturated heterocycles. The van der Waals surface area contributed by atoms with Crippen LogP contribution in [0.2, 0.25) is 0 Å². The molecule has 1 fully saturated rings. The van der Waals surface area contributed by atoms with Gasteiger partial charge in [0.2, 0.25) is 10.0 Å². The number of nitrogens with two attached hydrogens (primary N) is 1. The summed E-state index contributed by atoms with van der Waals surface area (Å²) in [4.78, 5) is 0.408. The molecule has 4 nitrogen and oxygen atoms in total. The van der Waals surface area contributed by atoms with Crippen molar-refractivity contribution in [2.24, 2.45) is 5.73 Å². The fraction of sp³-hybridized carbons (Fsp3) is 0.538. The van der Waals surface area contributed by atoms with Crippen molar-refractivity contribution in [3.63, 3.8) is 0 Å². The van der Waals surface area contributed by atoms with Crippen LogP contribution in [-0.2, 0) is 10.0 Å². The number of hydrogen-bond acceptors (Lipinski definition) is 3. The Kier molecular flexibility index (Phi) is 4.04. The van der Waals surface area contributed by atoms with Crippen LogP contribution in [0.15, 0.2) is 29.2 Å². The first-order valence-corrected chi connectivity index (χ1v) is 7.79. The minimum atomic E-state index is -3.40. The molecule has 1 aliphatic rings. The lowest BCUT2D eigenvalue weighted by Crippen LogP contribution is -2.47. The average Bonchev–Trinajstić information content (AvgIpc) is 2.39. The molecule has 1 aromatic rings. The molecule has 0 bridgehead atoms. The topological polar surface area (TPSA) is 63.4 Å². The van der Waals surface area contributed by atoms with Gasteiger partial charge in [0.25, 0.3) is 0 Å². The maximum absolute atomic E-state index is 12.6. The standard InChI is InChI=1S/C13H20N2O2S/c1-11-6-2-3-8-13(11)18(16,17)15-9-5-4-7-12(15)10-14/h2-3,6,8,12H,4-5,7,9-10,14H2,1H3. The van der Waals surface area contributed by atoms with Crippen LogP contribution in [-0.4, -0.2) is 31.9 Å². The summed E-state index contributed by atoms with van der Waals surface area (Å²) in [6.07, 6.45) is 2.84. The van der Waals surface area contributed by atoms with Gasteiger partial charge in [0.15, 0.2) is 0 Å². The van der Waals surface area contributed by atoms with Gasteiger partial charge in [-0.2, -0.15) is 4.31 Å². The smallest absolute Gasteiger partial charge is 0.243 e. The molecule has 5 heteroatoms. The van der Waals surface area contributed by atoms with Crippen LogP contribution in [0.5, 0.6) is 0 Å². The van der Waals surface area contributed by atoms with Crippen LogP contribution in [0, 0.1) is 6.92 Å². The van der Waals surface area contributed by atoms with E-state index < -0.39 is 10.0 Å². The molecule has 0 saturated carbocycles. The summed E-state index contributed by atoms with van der Waals surface area (Å²) < 4.78 is 26.9. The van der Waals surface area contributed by atoms with Crippen LogP contribution in [0.4, 0.5) is 0 Å². The van der Waals surface area contributed by atoms with Crippen molar-refractivity contribution in [1.82, 2.24) is 4.31 Å². The first-order valence-electron chi connectivity index (χ1n) is 6.35. The van der Waals surface area contributed by atoms with E-state index in [0.717, 1.165) is 24.8 Å². The number of rotatable bonds is 3. The summed E-state index contributed by atoms with van der Waals surface area (Å²) >= 11 is 0. The zero-order chi connectivity index (χ0) is 13.2. The first-order chi connectivity index (χ1) is 8.57. The number of benzene rings is 1. The van der Waals surface area contributed by atoms with Crippen LogP contribution in [0.1, 0.15) is 24.8 Å². The van der Waals surface area contributed by atoms with Crippen molar-refractivity contribution in [3.05, 3.63) is 29.8 Å². The third kappa shape index (κ3) is 2.43. The van der Waals surface area contributed by atoms with Gasteiger partial charge >= 0.3 is 0 Å². The molecule has 0 amide bonds. The Balaban J connectivity index is 2.39. The van der Waals surface area contributed by atoms with Crippen LogP contribution >= 0.6 is 0 Å². The Bertz CT molecular complexity index is 513. The van der Waals surface area contributed by atoms with Crippen molar-refractivity contribution in [2.75, 3.05) is 13.1 Å². The Hall–Kier alpha value is -0.910. The predicted octanol–water partition coefficient (Wildman–Crippen LogP) is 1.50. The number of piperidine rings is 1. The Morgan fingerprint density at radius 1 is 1.33 bits per heavy atom. The van der Waals surface area contributed by atoms with Gasteiger partial charge in [-0.05, 0) is 31.4 Å². The molecular formula is C13H20N2O2S. The number of aryl methyl sites for hydroxylation is 1. The minimum absolute atomic E-state index is 0.0524. The highest BCUT2D eigenvalue weighted by molar-refractivity contribution is 7.89. The van der Waals surface area contributed by atoms with Gasteiger partial charge in [-0.3, -0.25) is 0 Å². The Morgan fingerprint density at radius 3 is 2.72 bits per heavy atom. The van der Waals surface area contributed by atoms with Crippen molar-refractivity contribution >= 4 is 10.0 Å². The summed E-state index contributed by atoms with van der Waals surface area (Å²) in [5.74, 6) is 0. The zero-order valence-electron chi connectivity index (χ0n) is 10.7. The summed E-state index contributed by atoms with van der Waals surface area (Å²) in [5, 5.41) is 0. The number of hydrogen-bond donors (Lipinski definition) is 1. The molecule has 1 atom stereocenters. The maximum Gasteiger partial charge on any atom is 0.243 e. The van der Waals surface area contributed by atoms with Crippen LogP contribution in [0.25, 0.3) is 0 Å². The van der Waals surface area contributed by atoms with Gasteiger partial charge < -0.3 is 5.73 Å². The van der Waals surface area contributed by atoms with E-state index in [0.29, 0.717) is 18.0 Å². The van der Waals surface area contributed by atoms with Crippen molar-refractivity contribution in [3.8, 4) is 0 Å². The molecule has 1 aliphatic heterocycles. The molecule has 0 spiro atoms. The third-order valence-corrected chi connectivity index (χ3v) is 5.64. The molecular weight excluding hydrogens is 248 g/mol. The quantitative estimate of drug-likeness (QED) is 0.903. The van der Waals surface area contributed by atoms with Gasteiger partial charge in [-0.25, -0.2) is 8.42 Å². The van der Waals surface area contributed by atoms with Crippen molar-refractivity contribution < 1.29 is 8.42 Å². The van der Waals surface area contributed by atoms with Gasteiger partial charge in [0, 0.05) is 19.1 Å². The fourth-order valence-electron chi connectivity index (χ4n) is 2.50. The molecule has 2 rings (SSSR count). The fourth-order valence-corrected chi connectivity index (χ4v) is 4.43. The second kappa shape index (κ2) is 5.38. The second-order valence-electron chi connectivity index (χ2n) is 4.77. The number of nitrogens with zero attached hydrogens (tertiary/aromatic N) is 1. The van der Waals surface area contributed by atoms with Crippen LogP contribution in [0.3, 0.4) is 0 Å². The molecule has 18 heavy (non-hydrogen) atoms. The van der Waals surface area contributed by atoms with E-state index in [-0.39, 0.29) is 6.04 Å². The SMILES string of the molecule is Cc1ccccc1S(=O)(=O)N1CCCCC1CN. The molecule has 1 aromatic carbocycles. The van der Waals surface area contributed by atoms with E-state index in [9.17, 15) is 8.42 Å². The molecule has 0 aromatic heterocycles. The predicted molar refractivity (Wildman–Crippen MR) is 71.8 cm³/mol. The highest BCUT2D eigenvalue weighted by Crippen LogP contribution is 2.26. The van der Waals surface area contributed by atoms with Crippen molar-refractivity contribution in [1.29, 1.82) is 0 Å². The van der Waals surface area contributed by atoms with Gasteiger partial charge in [0.05, 0.1) is 4.90 Å². The van der Waals surface area contributed by atoms with Crippen molar-refractivity contribution in [2.45, 2.75) is 37.1 Å². The molecule has 1 unspecified atom stereocenters. The summed E-state index contributed by atoms with van der Waals surface area (Å²) in [6.45, 7) is 2.80. The van der Waals surface area contributed by atoms with E-state index in [1.807, 2.05) is 19.1 Å². The van der Waals surface area contributed by atoms with E-state index in [4.69, 9.17) is 5.73 Å². The average molecular weight is 268 g/mol. The second-order valence-corrected chi connectivity index (χ2v) is 6.63. The lowest BCUT2D eigenvalue weighted by molar-refractivity contribution is 0.257. The Morgan fingerprint density at radius 2 is 2.06 bits per heavy atom. The molecule has 100 valence electrons. The summed E-state index contributed by atoms with van der Waals surface area (Å²) in [6, 6.07) is 7.07. The zero-order valence-corrected chi connectivity index (χ0v) is 11.5. The molecule has 0 aliphatic carbocycles. The monoisotopic (exact) mass is 268 g/mol. The summed E-state index contributed by atoms with van der Waals surface area (Å²) in [5.41, 5.74) is 6.49. The van der Waals surface area contributed by atoms with Crippen LogP contribution < -0.4 is 5.73 Å². The number of sulfonamides is 1. The highest BCUT2D eigenvalue weighted by atomic mass is 32.2. The molecule has 1 heterocycles. The third-order valence-electron chi connectivity index (χ3n) is 3.53. The lowest BCUT2D eigenvalue weighted by Gasteiger charge is -2.34. The van der Waals surface area contributed by atoms with Gasteiger partial charge in [0.1, 0.15) is 0 Å². The first kappa shape index (κ1) is 13.5. The minimum Gasteiger partial charge on any atom is -0.329 e. The molecule has 0 radical (unpaired) electrons. The van der Waals surface area contributed by atoms with E-state index in [2.05, 4.69) is 0 Å². The lowest BCUT2D eigenvalue weighted by atomic mass is 10.1. The van der Waals surface area contributed by atoms with E-state index in [1.54, 1.807) is 16.4 Å². The summed E-state index contributed by atoms with van der Waals surface area (Å²) in [7, 11) is -3.40. The van der Waals surface area contributed by atoms with Gasteiger partial charge in [-0.1, -0.05) is 24.6 Å².